The van der Waals surface area contributed by atoms with Crippen molar-refractivity contribution in [3.05, 3.63) is 11.6 Å². The third-order valence-electron chi connectivity index (χ3n) is 13.2. The SMILES string of the molecule is CC1(C)CC[C@]2(C(=O)O)CC[C@]3(C)C(=CCC4[C@@]5(C)C[C@@H](O)[C@H](O)C(C)(C)C5CC[C@]43C)[C@@H]2[C@@H]1O. The number of carbonyl (C=O) groups is 1. The first-order valence-corrected chi connectivity index (χ1v) is 14.0. The summed E-state index contributed by atoms with van der Waals surface area (Å²) in [5, 5.41) is 44.1. The summed E-state index contributed by atoms with van der Waals surface area (Å²) >= 11 is 0. The predicted octanol–water partition coefficient (Wildman–Crippen LogP) is 5.18. The zero-order valence-electron chi connectivity index (χ0n) is 22.9. The lowest BCUT2D eigenvalue weighted by atomic mass is 9.33. The van der Waals surface area contributed by atoms with Crippen molar-refractivity contribution in [2.75, 3.05) is 0 Å². The summed E-state index contributed by atoms with van der Waals surface area (Å²) in [6.45, 7) is 15.6. The first-order valence-electron chi connectivity index (χ1n) is 14.0. The van der Waals surface area contributed by atoms with Crippen molar-refractivity contribution in [3.63, 3.8) is 0 Å². The molecule has 4 fully saturated rings. The molecule has 0 aliphatic heterocycles. The topological polar surface area (TPSA) is 98.0 Å². The maximum absolute atomic E-state index is 12.8. The van der Waals surface area contributed by atoms with E-state index in [1.165, 1.54) is 5.57 Å². The quantitative estimate of drug-likeness (QED) is 0.382. The lowest BCUT2D eigenvalue weighted by Crippen LogP contribution is -2.68. The summed E-state index contributed by atoms with van der Waals surface area (Å²) in [6, 6.07) is 0. The van der Waals surface area contributed by atoms with Crippen molar-refractivity contribution in [1.82, 2.24) is 0 Å². The van der Waals surface area contributed by atoms with E-state index in [0.717, 1.165) is 32.1 Å². The lowest BCUT2D eigenvalue weighted by molar-refractivity contribution is -0.234. The molecule has 5 aliphatic carbocycles. The van der Waals surface area contributed by atoms with Gasteiger partial charge in [0.05, 0.1) is 23.7 Å². The predicted molar refractivity (Wildman–Crippen MR) is 135 cm³/mol. The van der Waals surface area contributed by atoms with Crippen LogP contribution in [0.15, 0.2) is 11.6 Å². The van der Waals surface area contributed by atoms with E-state index in [1.807, 2.05) is 0 Å². The highest BCUT2D eigenvalue weighted by Crippen LogP contribution is 2.75. The highest BCUT2D eigenvalue weighted by molar-refractivity contribution is 5.77. The number of carboxylic acids is 1. The van der Waals surface area contributed by atoms with E-state index in [-0.39, 0.29) is 33.0 Å². The van der Waals surface area contributed by atoms with E-state index in [1.54, 1.807) is 0 Å². The average Bonchev–Trinajstić information content (AvgIpc) is 2.75. The van der Waals surface area contributed by atoms with Crippen molar-refractivity contribution < 1.29 is 25.2 Å². The zero-order valence-corrected chi connectivity index (χ0v) is 22.9. The van der Waals surface area contributed by atoms with Crippen LogP contribution in [0.2, 0.25) is 0 Å². The monoisotopic (exact) mass is 488 g/mol. The van der Waals surface area contributed by atoms with Gasteiger partial charge in [0.1, 0.15) is 0 Å². The zero-order chi connectivity index (χ0) is 26.0. The second kappa shape index (κ2) is 7.35. The smallest absolute Gasteiger partial charge is 0.310 e. The van der Waals surface area contributed by atoms with Gasteiger partial charge in [-0.25, -0.2) is 0 Å². The Kier molecular flexibility index (Phi) is 5.40. The number of aliphatic carboxylic acids is 1. The van der Waals surface area contributed by atoms with Crippen LogP contribution in [0.25, 0.3) is 0 Å². The van der Waals surface area contributed by atoms with Crippen LogP contribution in [-0.2, 0) is 4.79 Å². The third kappa shape index (κ3) is 2.95. The molecular formula is C30H48O5. The number of hydrogen-bond donors (Lipinski definition) is 4. The normalized spacial score (nSPS) is 54.4. The molecule has 5 nitrogen and oxygen atoms in total. The fourth-order valence-corrected chi connectivity index (χ4v) is 10.7. The molecule has 5 aliphatic rings. The molecule has 4 saturated carbocycles. The van der Waals surface area contributed by atoms with Gasteiger partial charge in [-0.2, -0.15) is 0 Å². The number of aliphatic hydroxyl groups excluding tert-OH is 3. The molecule has 0 aromatic rings. The van der Waals surface area contributed by atoms with Crippen LogP contribution in [0.5, 0.6) is 0 Å². The van der Waals surface area contributed by atoms with Crippen LogP contribution in [0.3, 0.4) is 0 Å². The van der Waals surface area contributed by atoms with Crippen LogP contribution >= 0.6 is 0 Å². The van der Waals surface area contributed by atoms with Gasteiger partial charge >= 0.3 is 5.97 Å². The average molecular weight is 489 g/mol. The minimum Gasteiger partial charge on any atom is -0.481 e. The Morgan fingerprint density at radius 3 is 2.11 bits per heavy atom. The molecule has 5 rings (SSSR count). The Morgan fingerprint density at radius 1 is 0.857 bits per heavy atom. The largest absolute Gasteiger partial charge is 0.481 e. The summed E-state index contributed by atoms with van der Waals surface area (Å²) < 4.78 is 0. The van der Waals surface area contributed by atoms with Gasteiger partial charge in [-0.15, -0.1) is 0 Å². The van der Waals surface area contributed by atoms with E-state index in [0.29, 0.717) is 31.1 Å². The van der Waals surface area contributed by atoms with Crippen molar-refractivity contribution in [3.8, 4) is 0 Å². The van der Waals surface area contributed by atoms with Crippen LogP contribution in [-0.4, -0.2) is 44.7 Å². The molecule has 5 heteroatoms. The molecule has 35 heavy (non-hydrogen) atoms. The summed E-state index contributed by atoms with van der Waals surface area (Å²) in [5.41, 5.74) is -0.684. The number of allylic oxidation sites excluding steroid dienone is 1. The molecule has 0 heterocycles. The molecule has 0 aromatic carbocycles. The van der Waals surface area contributed by atoms with E-state index in [4.69, 9.17) is 0 Å². The van der Waals surface area contributed by atoms with Gasteiger partial charge in [0.15, 0.2) is 0 Å². The summed E-state index contributed by atoms with van der Waals surface area (Å²) in [5.74, 6) is -0.420. The summed E-state index contributed by atoms with van der Waals surface area (Å²) in [6.07, 6.45) is 6.54. The number of aliphatic hydroxyl groups is 3. The van der Waals surface area contributed by atoms with Gasteiger partial charge < -0.3 is 20.4 Å². The first kappa shape index (κ1) is 25.7. The van der Waals surface area contributed by atoms with Crippen LogP contribution in [0.1, 0.15) is 99.8 Å². The van der Waals surface area contributed by atoms with Gasteiger partial charge in [-0.3, -0.25) is 4.79 Å². The Labute approximate surface area is 211 Å². The molecule has 0 spiro atoms. The Balaban J connectivity index is 1.63. The number of fused-ring (bicyclic) bond motifs is 7. The van der Waals surface area contributed by atoms with E-state index in [2.05, 4.69) is 54.5 Å². The molecule has 0 amide bonds. The van der Waals surface area contributed by atoms with Gasteiger partial charge in [-0.1, -0.05) is 60.1 Å². The highest BCUT2D eigenvalue weighted by Gasteiger charge is 2.71. The fourth-order valence-electron chi connectivity index (χ4n) is 10.7. The van der Waals surface area contributed by atoms with Gasteiger partial charge in [-0.05, 0) is 90.3 Å². The second-order valence-corrected chi connectivity index (χ2v) is 15.2. The van der Waals surface area contributed by atoms with Crippen molar-refractivity contribution in [1.29, 1.82) is 0 Å². The van der Waals surface area contributed by atoms with Crippen molar-refractivity contribution >= 4 is 5.97 Å². The third-order valence-corrected chi connectivity index (χ3v) is 13.2. The molecule has 10 atom stereocenters. The standard InChI is InChI=1S/C30H48O5/c1-25(2)12-14-30(24(34)35)15-13-28(6)17(21(30)23(25)33)8-9-20-27(5)16-18(31)22(32)26(3,4)19(27)10-11-29(20,28)7/h8,18-23,31-33H,9-16H2,1-7H3,(H,34,35)/t18-,19?,20?,21-,22+,23+,27+,28-,29-,30+/m1/s1. The van der Waals surface area contributed by atoms with Gasteiger partial charge in [0.2, 0.25) is 0 Å². The molecule has 4 N–H and O–H groups in total. The van der Waals surface area contributed by atoms with Crippen molar-refractivity contribution in [2.45, 2.75) is 118 Å². The molecule has 2 unspecified atom stereocenters. The highest BCUT2D eigenvalue weighted by atomic mass is 16.4. The Morgan fingerprint density at radius 2 is 1.49 bits per heavy atom. The molecule has 0 aromatic heterocycles. The van der Waals surface area contributed by atoms with E-state index in [9.17, 15) is 25.2 Å². The molecule has 198 valence electrons. The van der Waals surface area contributed by atoms with E-state index >= 15 is 0 Å². The van der Waals surface area contributed by atoms with Crippen LogP contribution < -0.4 is 0 Å². The van der Waals surface area contributed by atoms with Crippen LogP contribution in [0, 0.1) is 50.2 Å². The first-order chi connectivity index (χ1) is 16.0. The van der Waals surface area contributed by atoms with Gasteiger partial charge in [0.25, 0.3) is 0 Å². The summed E-state index contributed by atoms with van der Waals surface area (Å²) in [7, 11) is 0. The maximum Gasteiger partial charge on any atom is 0.310 e. The minimum atomic E-state index is -0.877. The number of hydrogen-bond acceptors (Lipinski definition) is 4. The molecule has 0 radical (unpaired) electrons. The Bertz CT molecular complexity index is 952. The lowest BCUT2D eigenvalue weighted by Gasteiger charge is -2.71. The minimum absolute atomic E-state index is 0.0492. The number of rotatable bonds is 1. The molecule has 0 bridgehead atoms. The second-order valence-electron chi connectivity index (χ2n) is 15.2. The molecule has 0 saturated heterocycles. The fraction of sp³-hybridized carbons (Fsp3) is 0.900. The maximum atomic E-state index is 12.8. The Hall–Kier alpha value is -0.910. The molecular weight excluding hydrogens is 440 g/mol. The van der Waals surface area contributed by atoms with E-state index < -0.39 is 29.7 Å². The summed E-state index contributed by atoms with van der Waals surface area (Å²) in [4.78, 5) is 12.8. The van der Waals surface area contributed by atoms with Crippen LogP contribution in [0.4, 0.5) is 0 Å². The van der Waals surface area contributed by atoms with Gasteiger partial charge in [0, 0.05) is 5.92 Å². The van der Waals surface area contributed by atoms with Crippen molar-refractivity contribution in [2.24, 2.45) is 50.2 Å². The number of carboxylic acid groups (broad SMARTS) is 1.